The first-order valence-electron chi connectivity index (χ1n) is 22.0. The average molecular weight is 897 g/mol. The van der Waals surface area contributed by atoms with Gasteiger partial charge in [-0.05, 0) is 97.7 Å². The van der Waals surface area contributed by atoms with Crippen LogP contribution in [0.3, 0.4) is 0 Å². The third-order valence-corrected chi connectivity index (χ3v) is 14.9. The predicted molar refractivity (Wildman–Crippen MR) is 222 cm³/mol. The molecule has 0 heterocycles. The lowest BCUT2D eigenvalue weighted by Gasteiger charge is -2.63. The highest BCUT2D eigenvalue weighted by Gasteiger charge is 2.65. The predicted octanol–water partition coefficient (Wildman–Crippen LogP) is -0.951. The number of amides is 3. The normalized spacial score (nSPS) is 30.4. The van der Waals surface area contributed by atoms with Crippen LogP contribution in [0.2, 0.25) is 0 Å². The van der Waals surface area contributed by atoms with Crippen LogP contribution in [0.5, 0.6) is 0 Å². The molecule has 4 fully saturated rings. The summed E-state index contributed by atoms with van der Waals surface area (Å²) in [5.74, 6) is -7.04. The fourth-order valence-corrected chi connectivity index (χ4v) is 11.9. The Morgan fingerprint density at radius 3 is 1.73 bits per heavy atom. The van der Waals surface area contributed by atoms with Gasteiger partial charge >= 0.3 is 29.8 Å². The number of fused-ring (bicyclic) bond motifs is 5. The largest absolute Gasteiger partial charge is 0.480 e. The second-order valence-electron chi connectivity index (χ2n) is 18.9. The minimum absolute atomic E-state index is 0.00370. The molecule has 4 rings (SSSR count). The fourth-order valence-electron chi connectivity index (χ4n) is 11.9. The van der Waals surface area contributed by atoms with Crippen molar-refractivity contribution in [1.29, 1.82) is 0 Å². The van der Waals surface area contributed by atoms with Crippen molar-refractivity contribution in [2.75, 3.05) is 72.0 Å². The molecule has 4 aliphatic carbocycles. The molecule has 4 saturated carbocycles. The molecule has 11 atom stereocenters. The molecular weight excluding hydrogens is 828 g/mol. The molecule has 4 aliphatic rings. The number of carboxylic acid groups (broad SMARTS) is 5. The minimum Gasteiger partial charge on any atom is -0.480 e. The van der Waals surface area contributed by atoms with E-state index in [1.54, 1.807) is 0 Å². The van der Waals surface area contributed by atoms with E-state index in [0.29, 0.717) is 32.1 Å². The van der Waals surface area contributed by atoms with E-state index in [0.717, 1.165) is 24.2 Å². The quantitative estimate of drug-likeness (QED) is 0.0528. The van der Waals surface area contributed by atoms with E-state index >= 15 is 0 Å². The molecule has 0 aromatic rings. The molecule has 21 heteroatoms. The van der Waals surface area contributed by atoms with Gasteiger partial charge < -0.3 is 51.7 Å². The highest BCUT2D eigenvalue weighted by Crippen LogP contribution is 2.68. The summed E-state index contributed by atoms with van der Waals surface area (Å²) in [7, 11) is 0. The van der Waals surface area contributed by atoms with Crippen molar-refractivity contribution in [2.45, 2.75) is 96.8 Å². The van der Waals surface area contributed by atoms with Crippen LogP contribution >= 0.6 is 0 Å². The Hall–Kier alpha value is -4.44. The van der Waals surface area contributed by atoms with Crippen LogP contribution in [0.4, 0.5) is 0 Å². The van der Waals surface area contributed by atoms with E-state index < -0.39 is 98.6 Å². The zero-order valence-corrected chi connectivity index (χ0v) is 36.6. The molecule has 63 heavy (non-hydrogen) atoms. The molecule has 10 N–H and O–H groups in total. The second kappa shape index (κ2) is 22.5. The fraction of sp³-hybridized carbons (Fsp3) is 0.810. The van der Waals surface area contributed by atoms with Crippen LogP contribution in [0.25, 0.3) is 0 Å². The zero-order valence-electron chi connectivity index (χ0n) is 36.6. The molecule has 0 unspecified atom stereocenters. The third kappa shape index (κ3) is 13.8. The first-order valence-corrected chi connectivity index (χ1v) is 22.0. The molecule has 0 spiro atoms. The van der Waals surface area contributed by atoms with Crippen molar-refractivity contribution in [3.63, 3.8) is 0 Å². The maximum Gasteiger partial charge on any atom is 0.322 e. The van der Waals surface area contributed by atoms with Gasteiger partial charge in [0.15, 0.2) is 0 Å². The summed E-state index contributed by atoms with van der Waals surface area (Å²) < 4.78 is 0. The number of aliphatic hydroxyl groups excluding tert-OH is 2. The highest BCUT2D eigenvalue weighted by molar-refractivity contribution is 5.86. The van der Waals surface area contributed by atoms with Gasteiger partial charge in [0.1, 0.15) is 6.54 Å². The van der Waals surface area contributed by atoms with E-state index in [1.807, 2.05) is 0 Å². The summed E-state index contributed by atoms with van der Waals surface area (Å²) in [5.41, 5.74) is -0.626. The van der Waals surface area contributed by atoms with Crippen LogP contribution < -0.4 is 16.0 Å². The van der Waals surface area contributed by atoms with Crippen molar-refractivity contribution in [2.24, 2.45) is 46.3 Å². The van der Waals surface area contributed by atoms with E-state index in [-0.39, 0.29) is 92.0 Å². The van der Waals surface area contributed by atoms with Crippen molar-refractivity contribution in [3.8, 4) is 0 Å². The molecule has 3 amide bonds. The van der Waals surface area contributed by atoms with E-state index in [1.165, 1.54) is 9.80 Å². The van der Waals surface area contributed by atoms with Gasteiger partial charge in [-0.3, -0.25) is 53.1 Å². The van der Waals surface area contributed by atoms with Crippen LogP contribution in [0.1, 0.15) is 78.6 Å². The van der Waals surface area contributed by atoms with E-state index in [4.69, 9.17) is 15.3 Å². The summed E-state index contributed by atoms with van der Waals surface area (Å²) in [6.07, 6.45) is 4.44. The minimum atomic E-state index is -1.27. The van der Waals surface area contributed by atoms with Crippen LogP contribution in [0, 0.1) is 46.3 Å². The number of hydrogen-bond donors (Lipinski definition) is 10. The lowest BCUT2D eigenvalue weighted by molar-refractivity contribution is -0.202. The lowest BCUT2D eigenvalue weighted by atomic mass is 9.43. The number of carbonyl (C=O) groups is 8. The summed E-state index contributed by atoms with van der Waals surface area (Å²) in [6, 6.07) is -0.218. The number of nitrogens with zero attached hydrogens (tertiary/aromatic N) is 3. The van der Waals surface area contributed by atoms with Crippen molar-refractivity contribution >= 4 is 47.6 Å². The molecule has 0 radical (unpaired) electrons. The summed E-state index contributed by atoms with van der Waals surface area (Å²) in [5, 5.41) is 77.7. The Bertz CT molecular complexity index is 1670. The van der Waals surface area contributed by atoms with Crippen LogP contribution in [-0.4, -0.2) is 188 Å². The standard InChI is InChI=1S/C42H68N6O15/c1-24(4-7-32(51)44-18-35(54)55)27-5-6-28-40-29(16-31(50)42(27,28)3)41(2)9-8-26(14-25(41)15-30(40)49)45-33(52)17-43-34(53)19-47(21-37(58)59)12-10-46(20-36(56)57)11-13-48(22-38(60)61)23-39(62)63/h24-31,40,49-50H,4-23H2,1-3H3,(H,43,53)(H,44,51)(H,45,52)(H,54,55)(H,56,57)(H,58,59)(H,60,61)(H,62,63)/t24-,25+,26+,27-,28+,29+,30-,31+,40+,41+,42-/m1/s1. The monoisotopic (exact) mass is 896 g/mol. The smallest absolute Gasteiger partial charge is 0.322 e. The van der Waals surface area contributed by atoms with E-state index in [2.05, 4.69) is 36.7 Å². The summed E-state index contributed by atoms with van der Waals surface area (Å²) >= 11 is 0. The van der Waals surface area contributed by atoms with E-state index in [9.17, 15) is 58.8 Å². The van der Waals surface area contributed by atoms with Gasteiger partial charge in [-0.2, -0.15) is 0 Å². The number of aliphatic hydroxyl groups is 2. The number of hydrogen-bond acceptors (Lipinski definition) is 13. The molecule has 0 aromatic heterocycles. The van der Waals surface area contributed by atoms with Crippen LogP contribution in [-0.2, 0) is 38.4 Å². The molecule has 0 aromatic carbocycles. The number of rotatable bonds is 25. The first kappa shape index (κ1) is 51.2. The average Bonchev–Trinajstić information content (AvgIpc) is 3.54. The van der Waals surface area contributed by atoms with Gasteiger partial charge in [0, 0.05) is 38.6 Å². The Morgan fingerprint density at radius 2 is 1.16 bits per heavy atom. The number of carbonyl (C=O) groups excluding carboxylic acids is 3. The van der Waals surface area contributed by atoms with Gasteiger partial charge in [0.25, 0.3) is 0 Å². The topological polar surface area (TPSA) is 324 Å². The first-order chi connectivity index (χ1) is 29.5. The molecular formula is C42H68N6O15. The maximum atomic E-state index is 13.1. The molecule has 0 bridgehead atoms. The Kier molecular flexibility index (Phi) is 18.2. The number of carboxylic acids is 5. The second-order valence-corrected chi connectivity index (χ2v) is 18.9. The summed E-state index contributed by atoms with van der Waals surface area (Å²) in [6.45, 7) is 2.72. The number of aliphatic carboxylic acids is 5. The van der Waals surface area contributed by atoms with Gasteiger partial charge in [-0.25, -0.2) is 0 Å². The Morgan fingerprint density at radius 1 is 0.619 bits per heavy atom. The van der Waals surface area contributed by atoms with Gasteiger partial charge in [-0.1, -0.05) is 20.8 Å². The van der Waals surface area contributed by atoms with Crippen LogP contribution in [0.15, 0.2) is 0 Å². The SMILES string of the molecule is C[C@H](CCC(=O)NCC(=O)O)[C@H]1CC[C@H]2[C@@H]3[C@H](O)C[C@@H]4C[C@@H](NC(=O)CNC(=O)CN(CCN(CCN(CC(=O)O)CC(=O)O)CC(=O)O)CC(=O)O)CC[C@]4(C)[C@H]3C[C@H](O)[C@]12C. The van der Waals surface area contributed by atoms with Gasteiger partial charge in [0.2, 0.25) is 17.7 Å². The molecule has 0 aliphatic heterocycles. The molecule has 356 valence electrons. The maximum absolute atomic E-state index is 13.1. The van der Waals surface area contributed by atoms with Crippen molar-refractivity contribution in [3.05, 3.63) is 0 Å². The van der Waals surface area contributed by atoms with Gasteiger partial charge in [-0.15, -0.1) is 0 Å². The molecule has 21 nitrogen and oxygen atoms in total. The number of nitrogens with one attached hydrogen (secondary N) is 3. The Balaban J connectivity index is 1.28. The zero-order chi connectivity index (χ0) is 46.8. The molecule has 0 saturated heterocycles. The van der Waals surface area contributed by atoms with Crippen molar-refractivity contribution < 1.29 is 74.1 Å². The lowest BCUT2D eigenvalue weighted by Crippen LogP contribution is -2.63. The highest BCUT2D eigenvalue weighted by atomic mass is 16.4. The summed E-state index contributed by atoms with van der Waals surface area (Å²) in [4.78, 5) is 98.4. The Labute approximate surface area is 366 Å². The van der Waals surface area contributed by atoms with Crippen molar-refractivity contribution in [1.82, 2.24) is 30.7 Å². The van der Waals surface area contributed by atoms with Gasteiger partial charge in [0.05, 0.1) is 51.5 Å². The third-order valence-electron chi connectivity index (χ3n) is 14.9.